The lowest BCUT2D eigenvalue weighted by atomic mass is 10.1. The first-order valence-electron chi connectivity index (χ1n) is 15.4. The van der Waals surface area contributed by atoms with Crippen LogP contribution < -0.4 is 10.6 Å². The smallest absolute Gasteiger partial charge is 0.330 e. The van der Waals surface area contributed by atoms with E-state index < -0.39 is 29.5 Å². The number of ether oxygens (including phenoxy) is 2. The molecule has 0 aliphatic heterocycles. The van der Waals surface area contributed by atoms with E-state index in [1.54, 1.807) is 20.8 Å². The van der Waals surface area contributed by atoms with Crippen molar-refractivity contribution in [2.24, 2.45) is 0 Å². The molecule has 1 atom stereocenters. The Kier molecular flexibility index (Phi) is 23.8. The number of carbonyl (C=O) groups is 4. The van der Waals surface area contributed by atoms with E-state index in [9.17, 15) is 19.2 Å². The predicted octanol–water partition coefficient (Wildman–Crippen LogP) is 6.75. The van der Waals surface area contributed by atoms with Crippen molar-refractivity contribution < 1.29 is 28.7 Å². The Morgan fingerprint density at radius 3 is 1.84 bits per heavy atom. The fourth-order valence-corrected chi connectivity index (χ4v) is 3.59. The number of methoxy groups -OCH3 is 1. The number of nitrogens with one attached hydrogen (secondary N) is 2. The normalized spacial score (nSPS) is 13.1. The first-order valence-corrected chi connectivity index (χ1v) is 15.4. The highest BCUT2D eigenvalue weighted by atomic mass is 16.6. The second-order valence-corrected chi connectivity index (χ2v) is 10.9. The van der Waals surface area contributed by atoms with Crippen molar-refractivity contribution >= 4 is 23.8 Å². The molecule has 0 heterocycles. The van der Waals surface area contributed by atoms with Crippen LogP contribution in [0.1, 0.15) is 98.3 Å². The van der Waals surface area contributed by atoms with Gasteiger partial charge in [-0.3, -0.25) is 9.59 Å². The number of allylic oxidation sites excluding steroid dienone is 10. The Hall–Kier alpha value is -3.68. The summed E-state index contributed by atoms with van der Waals surface area (Å²) in [4.78, 5) is 48.0. The molecular formula is C35H54N2O6. The monoisotopic (exact) mass is 598 g/mol. The fourth-order valence-electron chi connectivity index (χ4n) is 3.59. The van der Waals surface area contributed by atoms with Gasteiger partial charge in [-0.2, -0.15) is 0 Å². The zero-order chi connectivity index (χ0) is 32.2. The quantitative estimate of drug-likeness (QED) is 0.0617. The van der Waals surface area contributed by atoms with Gasteiger partial charge in [0.05, 0.1) is 7.11 Å². The van der Waals surface area contributed by atoms with Crippen LogP contribution in [0.3, 0.4) is 0 Å². The van der Waals surface area contributed by atoms with Gasteiger partial charge in [-0.25, -0.2) is 9.59 Å². The summed E-state index contributed by atoms with van der Waals surface area (Å²) in [5.41, 5.74) is -0.668. The molecule has 0 aliphatic rings. The van der Waals surface area contributed by atoms with Crippen LogP contribution in [0.15, 0.2) is 72.9 Å². The lowest BCUT2D eigenvalue weighted by Gasteiger charge is -2.24. The molecule has 2 amide bonds. The van der Waals surface area contributed by atoms with Crippen LogP contribution in [-0.4, -0.2) is 49.1 Å². The van der Waals surface area contributed by atoms with Gasteiger partial charge in [0, 0.05) is 25.1 Å². The summed E-state index contributed by atoms with van der Waals surface area (Å²) < 4.78 is 9.94. The summed E-state index contributed by atoms with van der Waals surface area (Å²) >= 11 is 0. The first-order chi connectivity index (χ1) is 20.6. The highest BCUT2D eigenvalue weighted by molar-refractivity contribution is 5.94. The van der Waals surface area contributed by atoms with Crippen LogP contribution in [-0.2, 0) is 28.7 Å². The Bertz CT molecular complexity index is 983. The molecule has 0 aromatic heterocycles. The van der Waals surface area contributed by atoms with Crippen LogP contribution >= 0.6 is 0 Å². The minimum atomic E-state index is -0.754. The van der Waals surface area contributed by atoms with E-state index in [4.69, 9.17) is 4.74 Å². The molecule has 0 saturated carbocycles. The topological polar surface area (TPSA) is 111 Å². The summed E-state index contributed by atoms with van der Waals surface area (Å²) in [7, 11) is 1.23. The highest BCUT2D eigenvalue weighted by Gasteiger charge is 2.26. The van der Waals surface area contributed by atoms with Crippen LogP contribution in [0.2, 0.25) is 0 Å². The third kappa shape index (κ3) is 26.9. The van der Waals surface area contributed by atoms with Crippen molar-refractivity contribution in [3.05, 3.63) is 72.9 Å². The molecule has 240 valence electrons. The molecule has 0 aromatic rings. The molecule has 0 radical (unpaired) electrons. The Morgan fingerprint density at radius 2 is 1.30 bits per heavy atom. The van der Waals surface area contributed by atoms with Crippen molar-refractivity contribution in [1.29, 1.82) is 0 Å². The summed E-state index contributed by atoms with van der Waals surface area (Å²) in [5, 5.41) is 5.48. The second kappa shape index (κ2) is 26.0. The lowest BCUT2D eigenvalue weighted by Crippen LogP contribution is -2.44. The van der Waals surface area contributed by atoms with Crippen LogP contribution in [0.5, 0.6) is 0 Å². The molecule has 0 rings (SSSR count). The predicted molar refractivity (Wildman–Crippen MR) is 174 cm³/mol. The number of esters is 2. The molecule has 8 nitrogen and oxygen atoms in total. The lowest BCUT2D eigenvalue weighted by molar-refractivity contribution is -0.159. The SMILES string of the molecule is CCC=CCC=CCC=CCC=CCC=CCCCC(=O)N[C@@H](CCCCNC(=O)C=CC(=O)OC)C(=O)OC(C)(C)C. The molecule has 0 bridgehead atoms. The summed E-state index contributed by atoms with van der Waals surface area (Å²) in [6, 6.07) is -0.754. The Balaban J connectivity index is 4.34. The van der Waals surface area contributed by atoms with Crippen molar-refractivity contribution in [3.63, 3.8) is 0 Å². The molecule has 0 aromatic carbocycles. The number of hydrogen-bond acceptors (Lipinski definition) is 6. The van der Waals surface area contributed by atoms with Crippen molar-refractivity contribution in [2.45, 2.75) is 110 Å². The minimum absolute atomic E-state index is 0.190. The van der Waals surface area contributed by atoms with Gasteiger partial charge in [-0.05, 0) is 85.0 Å². The molecule has 0 spiro atoms. The Labute approximate surface area is 259 Å². The van der Waals surface area contributed by atoms with Gasteiger partial charge in [0.2, 0.25) is 11.8 Å². The standard InChI is InChI=1S/C35H54N2O6/c1-6-7-8-9-10-11-12-13-14-15-16-17-18-19-20-21-22-26-32(39)37-30(34(41)43-35(2,3)4)25-23-24-29-36-31(38)27-28-33(40)42-5/h7-8,10-11,13-14,16-17,19-20,27-28,30H,6,9,12,15,18,21-26,29H2,1-5H3,(H,36,38)(H,37,39)/t30-/m0/s1. The average molecular weight is 599 g/mol. The van der Waals surface area contributed by atoms with Gasteiger partial charge in [0.1, 0.15) is 11.6 Å². The number of rotatable bonds is 22. The molecule has 43 heavy (non-hydrogen) atoms. The third-order valence-electron chi connectivity index (χ3n) is 5.75. The van der Waals surface area contributed by atoms with E-state index in [0.29, 0.717) is 38.6 Å². The Morgan fingerprint density at radius 1 is 0.744 bits per heavy atom. The minimum Gasteiger partial charge on any atom is -0.466 e. The number of hydrogen-bond donors (Lipinski definition) is 2. The molecule has 0 saturated heterocycles. The van der Waals surface area contributed by atoms with E-state index in [1.165, 1.54) is 7.11 Å². The van der Waals surface area contributed by atoms with Crippen LogP contribution in [0, 0.1) is 0 Å². The van der Waals surface area contributed by atoms with Crippen molar-refractivity contribution in [1.82, 2.24) is 10.6 Å². The van der Waals surface area contributed by atoms with Crippen molar-refractivity contribution in [3.8, 4) is 0 Å². The molecule has 2 N–H and O–H groups in total. The number of unbranched alkanes of at least 4 members (excludes halogenated alkanes) is 2. The fraction of sp³-hybridized carbons (Fsp3) is 0.543. The van der Waals surface area contributed by atoms with E-state index in [1.807, 2.05) is 0 Å². The molecule has 0 unspecified atom stereocenters. The van der Waals surface area contributed by atoms with E-state index >= 15 is 0 Å². The third-order valence-corrected chi connectivity index (χ3v) is 5.75. The maximum absolute atomic E-state index is 12.7. The zero-order valence-corrected chi connectivity index (χ0v) is 26.9. The largest absolute Gasteiger partial charge is 0.466 e. The maximum Gasteiger partial charge on any atom is 0.330 e. The highest BCUT2D eigenvalue weighted by Crippen LogP contribution is 2.12. The van der Waals surface area contributed by atoms with Crippen LogP contribution in [0.25, 0.3) is 0 Å². The van der Waals surface area contributed by atoms with Crippen molar-refractivity contribution in [2.75, 3.05) is 13.7 Å². The molecule has 0 fully saturated rings. The van der Waals surface area contributed by atoms with E-state index in [0.717, 1.165) is 50.7 Å². The van der Waals surface area contributed by atoms with Gasteiger partial charge in [0.15, 0.2) is 0 Å². The zero-order valence-electron chi connectivity index (χ0n) is 26.9. The molecule has 0 aliphatic carbocycles. The number of amides is 2. The molecule has 8 heteroatoms. The van der Waals surface area contributed by atoms with E-state index in [-0.39, 0.29) is 5.91 Å². The van der Waals surface area contributed by atoms with Gasteiger partial charge < -0.3 is 20.1 Å². The average Bonchev–Trinajstić information content (AvgIpc) is 2.95. The first kappa shape index (κ1) is 39.3. The molecular weight excluding hydrogens is 544 g/mol. The maximum atomic E-state index is 12.7. The van der Waals surface area contributed by atoms with E-state index in [2.05, 4.69) is 83.1 Å². The van der Waals surface area contributed by atoms with Gasteiger partial charge in [-0.15, -0.1) is 0 Å². The second-order valence-electron chi connectivity index (χ2n) is 10.9. The summed E-state index contributed by atoms with van der Waals surface area (Å²) in [6.45, 7) is 7.86. The van der Waals surface area contributed by atoms with Gasteiger partial charge in [0.25, 0.3) is 0 Å². The van der Waals surface area contributed by atoms with Crippen LogP contribution in [0.4, 0.5) is 0 Å². The summed E-state index contributed by atoms with van der Waals surface area (Å²) in [5.74, 6) is -1.67. The van der Waals surface area contributed by atoms with Gasteiger partial charge >= 0.3 is 11.9 Å². The van der Waals surface area contributed by atoms with Gasteiger partial charge in [-0.1, -0.05) is 67.7 Å². The number of carbonyl (C=O) groups excluding carboxylic acids is 4. The summed E-state index contributed by atoms with van der Waals surface area (Å²) in [6.07, 6.45) is 31.8.